The smallest absolute Gasteiger partial charge is 0.270 e. The van der Waals surface area contributed by atoms with E-state index in [-0.39, 0.29) is 18.5 Å². The summed E-state index contributed by atoms with van der Waals surface area (Å²) in [5.41, 5.74) is 2.97. The molecule has 3 unspecified atom stereocenters. The highest BCUT2D eigenvalue weighted by atomic mass is 32.2. The number of nitrogens with zero attached hydrogens (tertiary/aromatic N) is 4. The number of aliphatic imine (C=N–C) groups is 2. The van der Waals surface area contributed by atoms with E-state index in [0.717, 1.165) is 25.3 Å². The van der Waals surface area contributed by atoms with E-state index in [0.29, 0.717) is 43.4 Å². The van der Waals surface area contributed by atoms with Crippen molar-refractivity contribution in [1.82, 2.24) is 20.4 Å². The van der Waals surface area contributed by atoms with E-state index in [1.165, 1.54) is 11.1 Å². The zero-order chi connectivity index (χ0) is 23.9. The van der Waals surface area contributed by atoms with Gasteiger partial charge < -0.3 is 20.6 Å². The van der Waals surface area contributed by atoms with Crippen molar-refractivity contribution in [3.63, 3.8) is 0 Å². The van der Waals surface area contributed by atoms with Crippen LogP contribution in [0.1, 0.15) is 18.1 Å². The molecule has 0 spiro atoms. The zero-order valence-corrected chi connectivity index (χ0v) is 20.5. The second-order valence-electron chi connectivity index (χ2n) is 8.82. The lowest BCUT2D eigenvalue weighted by molar-refractivity contribution is -0.118. The molecule has 0 saturated heterocycles. The number of hydrogen-bond acceptors (Lipinski definition) is 8. The van der Waals surface area contributed by atoms with Crippen LogP contribution < -0.4 is 10.6 Å². The van der Waals surface area contributed by atoms with E-state index in [1.54, 1.807) is 12.4 Å². The second kappa shape index (κ2) is 11.8. The Labute approximate surface area is 203 Å². The number of aliphatic hydroxyl groups excluding tert-OH is 1. The zero-order valence-electron chi connectivity index (χ0n) is 19.7. The Morgan fingerprint density at radius 2 is 2.15 bits per heavy atom. The average Bonchev–Trinajstić information content (AvgIpc) is 3.27. The summed E-state index contributed by atoms with van der Waals surface area (Å²) in [5, 5.41) is 16.6. The van der Waals surface area contributed by atoms with Gasteiger partial charge in [0.25, 0.3) is 5.91 Å². The van der Waals surface area contributed by atoms with Gasteiger partial charge >= 0.3 is 0 Å². The number of benzene rings is 1. The van der Waals surface area contributed by atoms with Crippen molar-refractivity contribution in [2.45, 2.75) is 32.0 Å². The number of carbonyl (C=O) groups excluding carboxylic acids is 1. The molecule has 34 heavy (non-hydrogen) atoms. The van der Waals surface area contributed by atoms with Gasteiger partial charge in [0, 0.05) is 74.2 Å². The van der Waals surface area contributed by atoms with Crippen LogP contribution in [0.2, 0.25) is 0 Å². The van der Waals surface area contributed by atoms with E-state index in [9.17, 15) is 14.1 Å². The van der Waals surface area contributed by atoms with E-state index >= 15 is 0 Å². The topological polar surface area (TPSA) is 110 Å². The van der Waals surface area contributed by atoms with Crippen molar-refractivity contribution in [2.24, 2.45) is 9.98 Å². The number of nitrogens with one attached hydrogen (secondary N) is 2. The van der Waals surface area contributed by atoms with Crippen LogP contribution in [-0.2, 0) is 28.6 Å². The fourth-order valence-corrected chi connectivity index (χ4v) is 5.01. The molecule has 1 aromatic carbocycles. The van der Waals surface area contributed by atoms with Crippen molar-refractivity contribution < 1.29 is 14.1 Å². The van der Waals surface area contributed by atoms with Gasteiger partial charge in [0.1, 0.15) is 11.5 Å². The van der Waals surface area contributed by atoms with Crippen molar-refractivity contribution in [3.05, 3.63) is 47.2 Å². The molecule has 3 aliphatic rings. The fourth-order valence-electron chi connectivity index (χ4n) is 4.35. The van der Waals surface area contributed by atoms with Gasteiger partial charge in [0.05, 0.1) is 18.5 Å². The third-order valence-electron chi connectivity index (χ3n) is 6.24. The second-order valence-corrected chi connectivity index (χ2v) is 10.7. The third-order valence-corrected chi connectivity index (χ3v) is 7.54. The van der Waals surface area contributed by atoms with Crippen LogP contribution in [0.15, 0.2) is 46.0 Å². The van der Waals surface area contributed by atoms with Crippen LogP contribution in [0.4, 0.5) is 0 Å². The normalized spacial score (nSPS) is 21.4. The Morgan fingerprint density at radius 3 is 2.97 bits per heavy atom. The van der Waals surface area contributed by atoms with Crippen LogP contribution >= 0.6 is 0 Å². The molecule has 0 saturated carbocycles. The molecule has 10 heteroatoms. The van der Waals surface area contributed by atoms with Crippen molar-refractivity contribution in [1.29, 1.82) is 0 Å². The number of carbonyl (C=O) groups is 1. The van der Waals surface area contributed by atoms with Gasteiger partial charge in [0.2, 0.25) is 0 Å². The van der Waals surface area contributed by atoms with E-state index in [1.807, 2.05) is 17.9 Å². The molecule has 3 N–H and O–H groups in total. The molecule has 3 aliphatic heterocycles. The molecule has 0 aliphatic carbocycles. The van der Waals surface area contributed by atoms with Crippen molar-refractivity contribution in [3.8, 4) is 0 Å². The number of hydrogen-bond donors (Lipinski definition) is 3. The molecular weight excluding hydrogens is 452 g/mol. The first-order valence-corrected chi connectivity index (χ1v) is 13.4. The third kappa shape index (κ3) is 6.59. The number of rotatable bonds is 11. The quantitative estimate of drug-likeness (QED) is 0.377. The Bertz CT molecular complexity index is 995. The minimum absolute atomic E-state index is 0.0617. The molecule has 4 rings (SSSR count). The molecule has 3 heterocycles. The predicted molar refractivity (Wildman–Crippen MR) is 135 cm³/mol. The Morgan fingerprint density at radius 1 is 1.32 bits per heavy atom. The number of amides is 1. The predicted octanol–water partition coefficient (Wildman–Crippen LogP) is -0.111. The standard InChI is InChI=1S/C24H34N6O3S/c1-2-34(33)10-8-25-12-20-15-30-17-27-22(11-23(30)28-20)24(32)26-13-21(31)16-29-9-7-18-5-3-4-6-19(18)14-29/h3-6,11,17,20-21,25,31H,2,7-10,12-16H2,1H3,(H,26,32). The summed E-state index contributed by atoms with van der Waals surface area (Å²) in [6.45, 7) is 6.42. The van der Waals surface area contributed by atoms with Gasteiger partial charge in [-0.25, -0.2) is 4.99 Å². The first kappa shape index (κ1) is 24.7. The minimum atomic E-state index is -0.769. The summed E-state index contributed by atoms with van der Waals surface area (Å²) in [4.78, 5) is 25.7. The first-order chi connectivity index (χ1) is 16.5. The number of fused-ring (bicyclic) bond motifs is 2. The molecule has 3 atom stereocenters. The SMILES string of the molecule is CCS(=O)CCNCC1CN2C=NC(C(=O)NCC(O)CN3CCc4ccccc4C3)=CC2=N1. The lowest BCUT2D eigenvalue weighted by Crippen LogP contribution is -2.42. The van der Waals surface area contributed by atoms with Crippen LogP contribution in [0.5, 0.6) is 0 Å². The number of amidine groups is 1. The first-order valence-electron chi connectivity index (χ1n) is 11.9. The van der Waals surface area contributed by atoms with Gasteiger partial charge in [-0.15, -0.1) is 0 Å². The van der Waals surface area contributed by atoms with Gasteiger partial charge in [-0.2, -0.15) is 0 Å². The average molecular weight is 487 g/mol. The highest BCUT2D eigenvalue weighted by Crippen LogP contribution is 2.18. The Balaban J connectivity index is 1.21. The highest BCUT2D eigenvalue weighted by Gasteiger charge is 2.27. The Kier molecular flexibility index (Phi) is 8.60. The lowest BCUT2D eigenvalue weighted by atomic mass is 10.00. The van der Waals surface area contributed by atoms with Crippen LogP contribution in [0.25, 0.3) is 0 Å². The largest absolute Gasteiger partial charge is 0.390 e. The van der Waals surface area contributed by atoms with Crippen LogP contribution in [0, 0.1) is 0 Å². The summed E-state index contributed by atoms with van der Waals surface area (Å²) in [7, 11) is -0.769. The van der Waals surface area contributed by atoms with E-state index < -0.39 is 16.9 Å². The summed E-state index contributed by atoms with van der Waals surface area (Å²) in [6, 6.07) is 8.46. The number of aliphatic hydroxyl groups is 1. The molecule has 0 bridgehead atoms. The van der Waals surface area contributed by atoms with Crippen LogP contribution in [0.3, 0.4) is 0 Å². The van der Waals surface area contributed by atoms with Gasteiger partial charge in [-0.1, -0.05) is 31.2 Å². The molecule has 1 amide bonds. The van der Waals surface area contributed by atoms with Crippen molar-refractivity contribution >= 4 is 28.9 Å². The molecule has 0 fully saturated rings. The molecule has 0 radical (unpaired) electrons. The molecular formula is C24H34N6O3S. The molecule has 9 nitrogen and oxygen atoms in total. The van der Waals surface area contributed by atoms with Gasteiger partial charge in [-0.3, -0.25) is 18.9 Å². The molecule has 184 valence electrons. The summed E-state index contributed by atoms with van der Waals surface area (Å²) in [6.07, 6.45) is 3.65. The van der Waals surface area contributed by atoms with Gasteiger partial charge in [0.15, 0.2) is 0 Å². The number of β-amino-alcohol motifs (C(OH)–C–C–N with tert-alkyl or cyclic N) is 1. The summed E-state index contributed by atoms with van der Waals surface area (Å²) < 4.78 is 11.5. The lowest BCUT2D eigenvalue weighted by Gasteiger charge is -2.30. The van der Waals surface area contributed by atoms with E-state index in [4.69, 9.17) is 0 Å². The molecule has 1 aromatic rings. The maximum Gasteiger partial charge on any atom is 0.270 e. The Hall–Kier alpha value is -2.40. The minimum Gasteiger partial charge on any atom is -0.390 e. The highest BCUT2D eigenvalue weighted by molar-refractivity contribution is 7.84. The summed E-state index contributed by atoms with van der Waals surface area (Å²) in [5.74, 6) is 1.73. The maximum atomic E-state index is 12.6. The molecule has 0 aromatic heterocycles. The van der Waals surface area contributed by atoms with E-state index in [2.05, 4.69) is 43.7 Å². The summed E-state index contributed by atoms with van der Waals surface area (Å²) >= 11 is 0. The van der Waals surface area contributed by atoms with Gasteiger partial charge in [-0.05, 0) is 17.5 Å². The van der Waals surface area contributed by atoms with Crippen molar-refractivity contribution in [2.75, 3.05) is 50.8 Å². The maximum absolute atomic E-state index is 12.6. The van der Waals surface area contributed by atoms with Crippen LogP contribution in [-0.4, -0.2) is 100 Å². The fraction of sp³-hybridized carbons (Fsp3) is 0.542. The monoisotopic (exact) mass is 486 g/mol.